The van der Waals surface area contributed by atoms with E-state index in [1.54, 1.807) is 0 Å². The van der Waals surface area contributed by atoms with Crippen LogP contribution in [0.25, 0.3) is 77.4 Å². The van der Waals surface area contributed by atoms with Crippen LogP contribution in [0, 0.1) is 0 Å². The first-order chi connectivity index (χ1) is 34.9. The lowest BCUT2D eigenvalue weighted by molar-refractivity contribution is 0.669. The predicted molar refractivity (Wildman–Crippen MR) is 299 cm³/mol. The summed E-state index contributed by atoms with van der Waals surface area (Å²) in [7, 11) is 0. The molecule has 0 saturated carbocycles. The Morgan fingerprint density at radius 3 is 1.93 bits per heavy atom. The maximum atomic E-state index is 6.60. The van der Waals surface area contributed by atoms with Crippen LogP contribution in [0.3, 0.4) is 0 Å². The summed E-state index contributed by atoms with van der Waals surface area (Å²) >= 11 is 0. The van der Waals surface area contributed by atoms with Gasteiger partial charge in [-0.1, -0.05) is 171 Å². The van der Waals surface area contributed by atoms with Crippen LogP contribution in [0.1, 0.15) is 29.2 Å². The first-order valence-corrected chi connectivity index (χ1v) is 24.0. The molecule has 0 radical (unpaired) electrons. The van der Waals surface area contributed by atoms with Crippen molar-refractivity contribution >= 4 is 72.4 Å². The van der Waals surface area contributed by atoms with E-state index in [9.17, 15) is 0 Å². The molecule has 1 aliphatic heterocycles. The number of aliphatic imine (C=N–C) groups is 2. The molecule has 0 saturated heterocycles. The zero-order valence-corrected chi connectivity index (χ0v) is 39.3. The molecule has 12 rings (SSSR count). The van der Waals surface area contributed by atoms with Crippen molar-refractivity contribution in [3.63, 3.8) is 0 Å². The number of hydrogen-bond donors (Lipinski definition) is 0. The lowest BCUT2D eigenvalue weighted by Gasteiger charge is -2.28. The van der Waals surface area contributed by atoms with Gasteiger partial charge in [-0.3, -0.25) is 0 Å². The summed E-state index contributed by atoms with van der Waals surface area (Å²) in [4.78, 5) is 12.4. The molecule has 11 aromatic rings. The van der Waals surface area contributed by atoms with Crippen molar-refractivity contribution in [1.82, 2.24) is 4.57 Å². The quantitative estimate of drug-likeness (QED) is 0.113. The molecule has 71 heavy (non-hydrogen) atoms. The summed E-state index contributed by atoms with van der Waals surface area (Å²) in [6, 6.07) is 74.5. The molecule has 0 amide bonds. The van der Waals surface area contributed by atoms with Crippen molar-refractivity contribution in [3.8, 4) is 27.9 Å². The van der Waals surface area contributed by atoms with Gasteiger partial charge in [0.15, 0.2) is 5.84 Å². The number of para-hydroxylation sites is 2. The molecule has 0 bridgehead atoms. The molecule has 2 aromatic heterocycles. The van der Waals surface area contributed by atoms with Gasteiger partial charge in [0.2, 0.25) is 0 Å². The molecule has 0 atom stereocenters. The second-order valence-electron chi connectivity index (χ2n) is 17.9. The van der Waals surface area contributed by atoms with Crippen LogP contribution in [0.4, 0.5) is 11.4 Å². The van der Waals surface area contributed by atoms with Crippen molar-refractivity contribution in [2.45, 2.75) is 13.3 Å². The highest BCUT2D eigenvalue weighted by Gasteiger charge is 2.22. The summed E-state index contributed by atoms with van der Waals surface area (Å²) in [6.45, 7) is 10.9. The van der Waals surface area contributed by atoms with Crippen LogP contribution in [0.5, 0.6) is 0 Å². The number of allylic oxidation sites excluding steroid dienone is 4. The van der Waals surface area contributed by atoms with Crippen LogP contribution in [0.15, 0.2) is 270 Å². The van der Waals surface area contributed by atoms with Crippen LogP contribution >= 0.6 is 0 Å². The van der Waals surface area contributed by atoms with Gasteiger partial charge in [-0.25, -0.2) is 9.98 Å². The lowest BCUT2D eigenvalue weighted by atomic mass is 9.95. The van der Waals surface area contributed by atoms with Gasteiger partial charge >= 0.3 is 0 Å². The van der Waals surface area contributed by atoms with Crippen molar-refractivity contribution in [2.24, 2.45) is 9.98 Å². The number of fused-ring (bicyclic) bond motifs is 7. The van der Waals surface area contributed by atoms with Crippen molar-refractivity contribution in [3.05, 3.63) is 278 Å². The van der Waals surface area contributed by atoms with E-state index in [1.165, 1.54) is 16.3 Å². The van der Waals surface area contributed by atoms with Gasteiger partial charge in [-0.15, -0.1) is 0 Å². The number of aromatic nitrogens is 1. The molecule has 0 N–H and O–H groups in total. The maximum absolute atomic E-state index is 6.60. The summed E-state index contributed by atoms with van der Waals surface area (Å²) < 4.78 is 9.01. The van der Waals surface area contributed by atoms with Crippen LogP contribution in [-0.2, 0) is 6.42 Å². The Morgan fingerprint density at radius 1 is 0.521 bits per heavy atom. The molecule has 1 aliphatic rings. The second-order valence-corrected chi connectivity index (χ2v) is 17.9. The highest BCUT2D eigenvalue weighted by molar-refractivity contribution is 6.16. The van der Waals surface area contributed by atoms with E-state index in [1.807, 2.05) is 67.6 Å². The topological polar surface area (TPSA) is 46.0 Å². The lowest BCUT2D eigenvalue weighted by Crippen LogP contribution is -2.16. The fraction of sp³-hybridized carbons (Fsp3) is 0.0303. The molecular weight excluding hydrogens is 865 g/mol. The Bertz CT molecular complexity index is 3980. The minimum absolute atomic E-state index is 0.608. The molecule has 338 valence electrons. The Hall–Kier alpha value is -9.32. The Labute approximate surface area is 413 Å². The second kappa shape index (κ2) is 18.3. The van der Waals surface area contributed by atoms with Gasteiger partial charge in [0, 0.05) is 49.9 Å². The molecular formula is C66H48N4O. The summed E-state index contributed by atoms with van der Waals surface area (Å²) in [5.41, 5.74) is 18.2. The van der Waals surface area contributed by atoms with Crippen LogP contribution < -0.4 is 4.90 Å². The minimum atomic E-state index is 0.608. The summed E-state index contributed by atoms with van der Waals surface area (Å²) in [6.07, 6.45) is 9.30. The van der Waals surface area contributed by atoms with E-state index in [0.29, 0.717) is 11.5 Å². The van der Waals surface area contributed by atoms with E-state index < -0.39 is 0 Å². The highest BCUT2D eigenvalue weighted by Crippen LogP contribution is 2.43. The maximum Gasteiger partial charge on any atom is 0.160 e. The number of rotatable bonds is 8. The molecule has 0 aliphatic carbocycles. The number of furan rings is 1. The van der Waals surface area contributed by atoms with E-state index in [4.69, 9.17) is 14.4 Å². The van der Waals surface area contributed by atoms with E-state index >= 15 is 0 Å². The summed E-state index contributed by atoms with van der Waals surface area (Å²) in [5, 5.41) is 4.47. The zero-order valence-electron chi connectivity index (χ0n) is 39.3. The van der Waals surface area contributed by atoms with Gasteiger partial charge in [-0.2, -0.15) is 0 Å². The van der Waals surface area contributed by atoms with Crippen LogP contribution in [0.2, 0.25) is 0 Å². The third kappa shape index (κ3) is 8.09. The standard InChI is InChI=1S/C66H48N4O/c1-44-21-9-4-14-26-53-42-62-58(43-61(53)69(44)54-29-15-7-16-30-54)57-40-50(35-37-60(57)70(62)55-31-17-8-18-32-55)51-36-38-63-59(41-51)65-56(33-20-34-64(65)71-63)52-28-19-27-49(39-52)46(3)68-66(48-24-12-6-13-25-48)67-45(2)47-22-10-5-11-23-47/h4-25,27-43H,1-2,26H2,3H3/b14-4-,21-9-,67-66?,68-46?. The van der Waals surface area contributed by atoms with Gasteiger partial charge in [-0.05, 0) is 131 Å². The SMILES string of the molecule is C=C(N=C(N=C(C)c1cccc(-c2cccc3oc4ccc(-c5ccc6c(c5)c5cc7c(cc5n6-c5ccccc5)C/C=C\C=C/C(=C)N7c5ccccc5)cc4c23)c1)c1ccccc1)c1ccccc1. The third-order valence-corrected chi connectivity index (χ3v) is 13.5. The highest BCUT2D eigenvalue weighted by atomic mass is 16.3. The molecule has 0 spiro atoms. The predicted octanol–water partition coefficient (Wildman–Crippen LogP) is 17.3. The van der Waals surface area contributed by atoms with Crippen molar-refractivity contribution in [1.29, 1.82) is 0 Å². The molecule has 9 aromatic carbocycles. The molecule has 0 fully saturated rings. The van der Waals surface area contributed by atoms with Crippen molar-refractivity contribution < 1.29 is 4.42 Å². The largest absolute Gasteiger partial charge is 0.456 e. The third-order valence-electron chi connectivity index (χ3n) is 13.5. The molecule has 0 unspecified atom stereocenters. The van der Waals surface area contributed by atoms with Gasteiger partial charge in [0.1, 0.15) is 11.2 Å². The number of nitrogens with zero attached hydrogens (tertiary/aromatic N) is 4. The average molecular weight is 913 g/mol. The number of benzene rings is 9. The fourth-order valence-electron chi connectivity index (χ4n) is 10.0. The fourth-order valence-corrected chi connectivity index (χ4v) is 10.0. The summed E-state index contributed by atoms with van der Waals surface area (Å²) in [5.74, 6) is 0.608. The van der Waals surface area contributed by atoms with E-state index in [0.717, 1.165) is 107 Å². The van der Waals surface area contributed by atoms with Gasteiger partial charge in [0.25, 0.3) is 0 Å². The van der Waals surface area contributed by atoms with Crippen LogP contribution in [-0.4, -0.2) is 16.1 Å². The first kappa shape index (κ1) is 43.0. The van der Waals surface area contributed by atoms with Gasteiger partial charge < -0.3 is 13.9 Å². The Balaban J connectivity index is 0.976. The average Bonchev–Trinajstić information content (AvgIpc) is 3.98. The molecule has 5 nitrogen and oxygen atoms in total. The van der Waals surface area contributed by atoms with E-state index in [2.05, 4.69) is 199 Å². The number of amidine groups is 1. The number of hydrogen-bond acceptors (Lipinski definition) is 3. The number of anilines is 2. The zero-order chi connectivity index (χ0) is 47.8. The van der Waals surface area contributed by atoms with E-state index in [-0.39, 0.29) is 0 Å². The Kier molecular flexibility index (Phi) is 11.1. The molecule has 5 heteroatoms. The smallest absolute Gasteiger partial charge is 0.160 e. The van der Waals surface area contributed by atoms with Gasteiger partial charge in [0.05, 0.1) is 22.4 Å². The first-order valence-electron chi connectivity index (χ1n) is 24.0. The Morgan fingerprint density at radius 2 is 1.17 bits per heavy atom. The van der Waals surface area contributed by atoms with Crippen molar-refractivity contribution in [2.75, 3.05) is 4.90 Å². The monoisotopic (exact) mass is 912 g/mol. The normalized spacial score (nSPS) is 14.1. The molecule has 3 heterocycles. The minimum Gasteiger partial charge on any atom is -0.456 e.